The fourth-order valence-electron chi connectivity index (χ4n) is 2.45. The van der Waals surface area contributed by atoms with Gasteiger partial charge in [0.25, 0.3) is 0 Å². The molecule has 0 spiro atoms. The maximum absolute atomic E-state index is 11.5. The number of hydrogen-bond donors (Lipinski definition) is 1. The van der Waals surface area contributed by atoms with Crippen LogP contribution in [0.15, 0.2) is 0 Å². The molecule has 1 N–H and O–H groups in total. The van der Waals surface area contributed by atoms with E-state index < -0.39 is 0 Å². The number of nitrogens with one attached hydrogen (secondary N) is 1. The van der Waals surface area contributed by atoms with Gasteiger partial charge in [-0.2, -0.15) is 0 Å². The highest BCUT2D eigenvalue weighted by molar-refractivity contribution is 5.70. The van der Waals surface area contributed by atoms with E-state index in [0.29, 0.717) is 6.42 Å². The maximum Gasteiger partial charge on any atom is 0.307 e. The molecule has 1 rings (SSSR count). The molecule has 0 aromatic rings. The van der Waals surface area contributed by atoms with Crippen molar-refractivity contribution in [2.45, 2.75) is 45.1 Å². The summed E-state index contributed by atoms with van der Waals surface area (Å²) in [6.07, 6.45) is 3.67. The first-order valence-corrected chi connectivity index (χ1v) is 6.70. The zero-order valence-electron chi connectivity index (χ0n) is 11.4. The van der Waals surface area contributed by atoms with Crippen LogP contribution in [0.25, 0.3) is 0 Å². The molecule has 0 aliphatic carbocycles. The molecule has 0 radical (unpaired) electrons. The lowest BCUT2D eigenvalue weighted by molar-refractivity contribution is -0.143. The van der Waals surface area contributed by atoms with Crippen molar-refractivity contribution in [1.82, 2.24) is 10.2 Å². The van der Waals surface area contributed by atoms with Crippen molar-refractivity contribution in [3.63, 3.8) is 0 Å². The Morgan fingerprint density at radius 1 is 1.35 bits per heavy atom. The van der Waals surface area contributed by atoms with Crippen LogP contribution >= 0.6 is 0 Å². The Hall–Kier alpha value is -0.610. The Balaban J connectivity index is 2.57. The molecule has 1 aliphatic heterocycles. The molecule has 1 aliphatic rings. The van der Waals surface area contributed by atoms with Crippen molar-refractivity contribution in [2.24, 2.45) is 0 Å². The SMILES string of the molecule is CCCNC1(CC(=O)OC)CCN(CC)CC1. The van der Waals surface area contributed by atoms with Gasteiger partial charge in [0.05, 0.1) is 13.5 Å². The van der Waals surface area contributed by atoms with Gasteiger partial charge in [-0.1, -0.05) is 13.8 Å². The fraction of sp³-hybridized carbons (Fsp3) is 0.923. The fourth-order valence-corrected chi connectivity index (χ4v) is 2.45. The normalized spacial score (nSPS) is 20.2. The first-order chi connectivity index (χ1) is 8.15. The summed E-state index contributed by atoms with van der Waals surface area (Å²) in [5, 5.41) is 3.57. The number of likely N-dealkylation sites (tertiary alicyclic amines) is 1. The van der Waals surface area contributed by atoms with Crippen molar-refractivity contribution < 1.29 is 9.53 Å². The predicted octanol–water partition coefficient (Wildman–Crippen LogP) is 1.40. The molecule has 0 unspecified atom stereocenters. The summed E-state index contributed by atoms with van der Waals surface area (Å²) >= 11 is 0. The minimum Gasteiger partial charge on any atom is -0.469 e. The summed E-state index contributed by atoms with van der Waals surface area (Å²) in [4.78, 5) is 14.0. The van der Waals surface area contributed by atoms with E-state index in [1.807, 2.05) is 0 Å². The molecule has 4 nitrogen and oxygen atoms in total. The van der Waals surface area contributed by atoms with Gasteiger partial charge in [-0.15, -0.1) is 0 Å². The summed E-state index contributed by atoms with van der Waals surface area (Å²) in [7, 11) is 1.47. The molecule has 0 bridgehead atoms. The maximum atomic E-state index is 11.5. The third-order valence-electron chi connectivity index (χ3n) is 3.72. The molecule has 1 fully saturated rings. The van der Waals surface area contributed by atoms with Gasteiger partial charge in [0, 0.05) is 5.54 Å². The van der Waals surface area contributed by atoms with Crippen LogP contribution < -0.4 is 5.32 Å². The molecular weight excluding hydrogens is 216 g/mol. The van der Waals surface area contributed by atoms with E-state index in [2.05, 4.69) is 24.1 Å². The van der Waals surface area contributed by atoms with Crippen molar-refractivity contribution in [3.8, 4) is 0 Å². The van der Waals surface area contributed by atoms with Crippen LogP contribution in [0.4, 0.5) is 0 Å². The molecular formula is C13H26N2O2. The van der Waals surface area contributed by atoms with Gasteiger partial charge < -0.3 is 15.0 Å². The number of methoxy groups -OCH3 is 1. The number of ether oxygens (including phenoxy) is 1. The summed E-state index contributed by atoms with van der Waals surface area (Å²) in [5.74, 6) is -0.0986. The highest BCUT2D eigenvalue weighted by Gasteiger charge is 2.35. The van der Waals surface area contributed by atoms with Gasteiger partial charge >= 0.3 is 5.97 Å². The zero-order valence-corrected chi connectivity index (χ0v) is 11.4. The van der Waals surface area contributed by atoms with E-state index in [9.17, 15) is 4.79 Å². The number of nitrogens with zero attached hydrogens (tertiary/aromatic N) is 1. The van der Waals surface area contributed by atoms with Crippen LogP contribution in [0, 0.1) is 0 Å². The second-order valence-electron chi connectivity index (χ2n) is 4.89. The monoisotopic (exact) mass is 242 g/mol. The van der Waals surface area contributed by atoms with E-state index in [0.717, 1.165) is 45.4 Å². The average molecular weight is 242 g/mol. The van der Waals surface area contributed by atoms with E-state index in [1.54, 1.807) is 0 Å². The number of piperidine rings is 1. The smallest absolute Gasteiger partial charge is 0.307 e. The van der Waals surface area contributed by atoms with Crippen molar-refractivity contribution in [3.05, 3.63) is 0 Å². The highest BCUT2D eigenvalue weighted by atomic mass is 16.5. The van der Waals surface area contributed by atoms with Crippen LogP contribution in [0.1, 0.15) is 39.5 Å². The van der Waals surface area contributed by atoms with E-state index >= 15 is 0 Å². The van der Waals surface area contributed by atoms with Gasteiger partial charge in [0.15, 0.2) is 0 Å². The number of carbonyl (C=O) groups excluding carboxylic acids is 1. The lowest BCUT2D eigenvalue weighted by Gasteiger charge is -2.41. The summed E-state index contributed by atoms with van der Waals surface area (Å²) in [5.41, 5.74) is -0.0330. The average Bonchev–Trinajstić information content (AvgIpc) is 2.37. The number of hydrogen-bond acceptors (Lipinski definition) is 4. The minimum absolute atomic E-state index is 0.0330. The molecule has 100 valence electrons. The molecule has 1 saturated heterocycles. The predicted molar refractivity (Wildman–Crippen MR) is 69.0 cm³/mol. The first kappa shape index (κ1) is 14.5. The van der Waals surface area contributed by atoms with E-state index in [4.69, 9.17) is 4.74 Å². The molecule has 0 aromatic heterocycles. The molecule has 0 atom stereocenters. The summed E-state index contributed by atoms with van der Waals surface area (Å²) in [6.45, 7) is 8.56. The molecule has 0 aromatic carbocycles. The largest absolute Gasteiger partial charge is 0.469 e. The Bertz CT molecular complexity index is 236. The van der Waals surface area contributed by atoms with E-state index in [1.165, 1.54) is 7.11 Å². The zero-order chi connectivity index (χ0) is 12.7. The van der Waals surface area contributed by atoms with Crippen molar-refractivity contribution in [2.75, 3.05) is 33.3 Å². The van der Waals surface area contributed by atoms with Crippen LogP contribution in [-0.2, 0) is 9.53 Å². The number of rotatable bonds is 6. The van der Waals surface area contributed by atoms with Gasteiger partial charge in [-0.25, -0.2) is 0 Å². The Labute approximate surface area is 105 Å². The Morgan fingerprint density at radius 2 is 2.00 bits per heavy atom. The summed E-state index contributed by atoms with van der Waals surface area (Å²) < 4.78 is 4.82. The summed E-state index contributed by atoms with van der Waals surface area (Å²) in [6, 6.07) is 0. The first-order valence-electron chi connectivity index (χ1n) is 6.70. The van der Waals surface area contributed by atoms with Crippen molar-refractivity contribution in [1.29, 1.82) is 0 Å². The molecule has 1 heterocycles. The van der Waals surface area contributed by atoms with E-state index in [-0.39, 0.29) is 11.5 Å². The third-order valence-corrected chi connectivity index (χ3v) is 3.72. The highest BCUT2D eigenvalue weighted by Crippen LogP contribution is 2.26. The van der Waals surface area contributed by atoms with Gasteiger partial charge in [-0.05, 0) is 45.4 Å². The quantitative estimate of drug-likeness (QED) is 0.715. The standard InChI is InChI=1S/C13H26N2O2/c1-4-8-14-13(11-12(16)17-3)6-9-15(5-2)10-7-13/h14H,4-11H2,1-3H3. The lowest BCUT2D eigenvalue weighted by Crippen LogP contribution is -2.54. The minimum atomic E-state index is -0.0986. The van der Waals surface area contributed by atoms with Crippen LogP contribution in [-0.4, -0.2) is 49.7 Å². The van der Waals surface area contributed by atoms with Crippen LogP contribution in [0.5, 0.6) is 0 Å². The van der Waals surface area contributed by atoms with Crippen LogP contribution in [0.2, 0.25) is 0 Å². The topological polar surface area (TPSA) is 41.6 Å². The molecule has 0 saturated carbocycles. The third kappa shape index (κ3) is 4.28. The van der Waals surface area contributed by atoms with Crippen molar-refractivity contribution >= 4 is 5.97 Å². The van der Waals surface area contributed by atoms with Gasteiger partial charge in [0.2, 0.25) is 0 Å². The Morgan fingerprint density at radius 3 is 2.47 bits per heavy atom. The number of carbonyl (C=O) groups is 1. The second kappa shape index (κ2) is 6.97. The van der Waals surface area contributed by atoms with Crippen LogP contribution in [0.3, 0.4) is 0 Å². The number of esters is 1. The van der Waals surface area contributed by atoms with Gasteiger partial charge in [0.1, 0.15) is 0 Å². The molecule has 4 heteroatoms. The molecule has 17 heavy (non-hydrogen) atoms. The molecule has 0 amide bonds. The second-order valence-corrected chi connectivity index (χ2v) is 4.89. The van der Waals surface area contributed by atoms with Gasteiger partial charge in [-0.3, -0.25) is 4.79 Å². The Kier molecular flexibility index (Phi) is 5.92. The lowest BCUT2D eigenvalue weighted by atomic mass is 9.84.